The van der Waals surface area contributed by atoms with Crippen LogP contribution in [0.2, 0.25) is 0 Å². The Morgan fingerprint density at radius 2 is 1.72 bits per heavy atom. The number of esters is 1. The van der Waals surface area contributed by atoms with Gasteiger partial charge in [0, 0.05) is 11.5 Å². The van der Waals surface area contributed by atoms with Gasteiger partial charge in [0.2, 0.25) is 0 Å². The van der Waals surface area contributed by atoms with Gasteiger partial charge in [-0.05, 0) is 42.2 Å². The van der Waals surface area contributed by atoms with Crippen molar-refractivity contribution in [2.24, 2.45) is 0 Å². The Labute approximate surface area is 148 Å². The first-order chi connectivity index (χ1) is 12.0. The summed E-state index contributed by atoms with van der Waals surface area (Å²) in [4.78, 5) is 12.3. The number of benzene rings is 2. The Morgan fingerprint density at radius 3 is 2.32 bits per heavy atom. The summed E-state index contributed by atoms with van der Waals surface area (Å²) in [6.45, 7) is 0.0734. The Bertz CT molecular complexity index is 738. The molecule has 0 saturated carbocycles. The maximum absolute atomic E-state index is 13.3. The molecule has 0 N–H and O–H groups in total. The first-order valence-corrected chi connectivity index (χ1v) is 8.17. The first-order valence-electron chi connectivity index (χ1n) is 7.63. The topological polar surface area (TPSA) is 26.3 Å². The molecule has 0 unspecified atom stereocenters. The largest absolute Gasteiger partial charge is 0.457 e. The molecular formula is C19H16ClF3O2. The average molecular weight is 369 g/mol. The molecule has 2 rings (SSSR count). The van der Waals surface area contributed by atoms with E-state index in [2.05, 4.69) is 0 Å². The molecule has 2 aromatic rings. The number of rotatable bonds is 7. The van der Waals surface area contributed by atoms with E-state index in [0.717, 1.165) is 17.7 Å². The maximum atomic E-state index is 13.3. The van der Waals surface area contributed by atoms with Crippen LogP contribution in [0.25, 0.3) is 6.08 Å². The molecule has 0 aliphatic rings. The molecule has 0 radical (unpaired) electrons. The van der Waals surface area contributed by atoms with Crippen LogP contribution in [0.1, 0.15) is 24.0 Å². The molecule has 0 aliphatic heterocycles. The molecule has 132 valence electrons. The van der Waals surface area contributed by atoms with Crippen LogP contribution in [0.15, 0.2) is 48.0 Å². The Balaban J connectivity index is 2.18. The third-order valence-corrected chi connectivity index (χ3v) is 3.67. The molecule has 0 bridgehead atoms. The highest BCUT2D eigenvalue weighted by molar-refractivity contribution is 6.17. The summed E-state index contributed by atoms with van der Waals surface area (Å²) in [6, 6.07) is 10.7. The van der Waals surface area contributed by atoms with E-state index in [0.29, 0.717) is 12.3 Å². The molecule has 0 aliphatic carbocycles. The molecular weight excluding hydrogens is 353 g/mol. The van der Waals surface area contributed by atoms with E-state index in [4.69, 9.17) is 16.3 Å². The van der Waals surface area contributed by atoms with E-state index < -0.39 is 23.4 Å². The molecule has 0 aromatic heterocycles. The predicted molar refractivity (Wildman–Crippen MR) is 90.5 cm³/mol. The van der Waals surface area contributed by atoms with Gasteiger partial charge < -0.3 is 4.74 Å². The summed E-state index contributed by atoms with van der Waals surface area (Å²) in [7, 11) is 0. The standard InChI is InChI=1S/C19H16ClF3O2/c20-8-4-7-15(9-14-10-16(21)18(23)17(22)11-14)19(24)25-12-13-5-2-1-3-6-13/h1-3,5-6,9-11H,4,7-8,12H2/b15-9+. The minimum Gasteiger partial charge on any atom is -0.457 e. The van der Waals surface area contributed by atoms with Crippen molar-refractivity contribution in [1.82, 2.24) is 0 Å². The molecule has 0 spiro atoms. The number of carbonyl (C=O) groups excluding carboxylic acids is 1. The summed E-state index contributed by atoms with van der Waals surface area (Å²) >= 11 is 5.65. The van der Waals surface area contributed by atoms with E-state index in [1.54, 1.807) is 12.1 Å². The smallest absolute Gasteiger partial charge is 0.334 e. The summed E-state index contributed by atoms with van der Waals surface area (Å²) in [5, 5.41) is 0. The highest BCUT2D eigenvalue weighted by Crippen LogP contribution is 2.19. The first kappa shape index (κ1) is 19.1. The average Bonchev–Trinajstić information content (AvgIpc) is 2.61. The number of alkyl halides is 1. The monoisotopic (exact) mass is 368 g/mol. The Morgan fingerprint density at radius 1 is 1.08 bits per heavy atom. The normalized spacial score (nSPS) is 11.4. The van der Waals surface area contributed by atoms with E-state index in [-0.39, 0.29) is 24.2 Å². The van der Waals surface area contributed by atoms with Gasteiger partial charge in [0.1, 0.15) is 6.61 Å². The maximum Gasteiger partial charge on any atom is 0.334 e. The number of hydrogen-bond acceptors (Lipinski definition) is 2. The fourth-order valence-electron chi connectivity index (χ4n) is 2.17. The van der Waals surface area contributed by atoms with Crippen LogP contribution in [0.5, 0.6) is 0 Å². The van der Waals surface area contributed by atoms with Gasteiger partial charge in [0.25, 0.3) is 0 Å². The van der Waals surface area contributed by atoms with Crippen LogP contribution in [0.3, 0.4) is 0 Å². The van der Waals surface area contributed by atoms with Gasteiger partial charge in [-0.1, -0.05) is 30.3 Å². The molecule has 0 saturated heterocycles. The van der Waals surface area contributed by atoms with Crippen LogP contribution in [0.4, 0.5) is 13.2 Å². The van der Waals surface area contributed by atoms with Gasteiger partial charge in [-0.25, -0.2) is 18.0 Å². The van der Waals surface area contributed by atoms with E-state index in [1.807, 2.05) is 18.2 Å². The zero-order valence-corrected chi connectivity index (χ0v) is 14.0. The minimum absolute atomic E-state index is 0.0395. The zero-order valence-electron chi connectivity index (χ0n) is 13.3. The van der Waals surface area contributed by atoms with Crippen molar-refractivity contribution in [3.05, 3.63) is 76.6 Å². The van der Waals surface area contributed by atoms with Gasteiger partial charge in [0.05, 0.1) is 0 Å². The quantitative estimate of drug-likeness (QED) is 0.289. The van der Waals surface area contributed by atoms with Crippen molar-refractivity contribution in [2.45, 2.75) is 19.4 Å². The van der Waals surface area contributed by atoms with E-state index in [1.165, 1.54) is 6.08 Å². The van der Waals surface area contributed by atoms with E-state index >= 15 is 0 Å². The zero-order chi connectivity index (χ0) is 18.2. The molecule has 25 heavy (non-hydrogen) atoms. The fourth-order valence-corrected chi connectivity index (χ4v) is 2.30. The number of ether oxygens (including phenoxy) is 1. The van der Waals surface area contributed by atoms with Gasteiger partial charge in [-0.15, -0.1) is 11.6 Å². The highest BCUT2D eigenvalue weighted by Gasteiger charge is 2.14. The third-order valence-electron chi connectivity index (χ3n) is 3.40. The second-order valence-corrected chi connectivity index (χ2v) is 5.70. The van der Waals surface area contributed by atoms with Gasteiger partial charge >= 0.3 is 5.97 Å². The molecule has 0 atom stereocenters. The fraction of sp³-hybridized carbons (Fsp3) is 0.211. The van der Waals surface area contributed by atoms with Crippen LogP contribution < -0.4 is 0 Å². The molecule has 2 nitrogen and oxygen atoms in total. The molecule has 2 aromatic carbocycles. The lowest BCUT2D eigenvalue weighted by molar-refractivity contribution is -0.140. The second-order valence-electron chi connectivity index (χ2n) is 5.32. The Hall–Kier alpha value is -2.27. The van der Waals surface area contributed by atoms with Gasteiger partial charge in [0.15, 0.2) is 17.5 Å². The lowest BCUT2D eigenvalue weighted by atomic mass is 10.1. The molecule has 0 amide bonds. The second kappa shape index (κ2) is 9.28. The lowest BCUT2D eigenvalue weighted by Crippen LogP contribution is -2.08. The summed E-state index contributed by atoms with van der Waals surface area (Å²) < 4.78 is 44.9. The number of carbonyl (C=O) groups is 1. The lowest BCUT2D eigenvalue weighted by Gasteiger charge is -2.09. The van der Waals surface area contributed by atoms with Crippen LogP contribution in [-0.2, 0) is 16.1 Å². The Kier molecular flexibility index (Phi) is 7.07. The molecule has 0 heterocycles. The number of hydrogen-bond donors (Lipinski definition) is 0. The summed E-state index contributed by atoms with van der Waals surface area (Å²) in [6.07, 6.45) is 2.04. The van der Waals surface area contributed by atoms with Gasteiger partial charge in [-0.2, -0.15) is 0 Å². The van der Waals surface area contributed by atoms with Crippen molar-refractivity contribution < 1.29 is 22.7 Å². The molecule has 0 fully saturated rings. The predicted octanol–water partition coefficient (Wildman–Crippen LogP) is 5.25. The van der Waals surface area contributed by atoms with Crippen molar-refractivity contribution in [1.29, 1.82) is 0 Å². The van der Waals surface area contributed by atoms with Crippen molar-refractivity contribution in [2.75, 3.05) is 5.88 Å². The van der Waals surface area contributed by atoms with Crippen LogP contribution >= 0.6 is 11.6 Å². The van der Waals surface area contributed by atoms with Crippen LogP contribution in [-0.4, -0.2) is 11.8 Å². The van der Waals surface area contributed by atoms with Crippen molar-refractivity contribution in [3.8, 4) is 0 Å². The number of halogens is 4. The SMILES string of the molecule is O=C(OCc1ccccc1)/C(=C/c1cc(F)c(F)c(F)c1)CCCCl. The minimum atomic E-state index is -1.55. The summed E-state index contributed by atoms with van der Waals surface area (Å²) in [5.74, 6) is -4.48. The van der Waals surface area contributed by atoms with Crippen LogP contribution in [0, 0.1) is 17.5 Å². The molecule has 6 heteroatoms. The highest BCUT2D eigenvalue weighted by atomic mass is 35.5. The third kappa shape index (κ3) is 5.64. The van der Waals surface area contributed by atoms with E-state index in [9.17, 15) is 18.0 Å². The van der Waals surface area contributed by atoms with Crippen molar-refractivity contribution >= 4 is 23.6 Å². The van der Waals surface area contributed by atoms with Crippen molar-refractivity contribution in [3.63, 3.8) is 0 Å². The van der Waals surface area contributed by atoms with Gasteiger partial charge in [-0.3, -0.25) is 0 Å². The summed E-state index contributed by atoms with van der Waals surface area (Å²) in [5.41, 5.74) is 1.06.